The first-order chi connectivity index (χ1) is 10.6. The van der Waals surface area contributed by atoms with Crippen LogP contribution in [0.1, 0.15) is 69.2 Å². The summed E-state index contributed by atoms with van der Waals surface area (Å²) in [5.41, 5.74) is 0.542. The van der Waals surface area contributed by atoms with Crippen molar-refractivity contribution in [1.29, 1.82) is 0 Å². The molecular weight excluding hydrogens is 276 g/mol. The molecule has 0 aromatic heterocycles. The van der Waals surface area contributed by atoms with Gasteiger partial charge in [0.25, 0.3) is 0 Å². The van der Waals surface area contributed by atoms with Crippen LogP contribution in [0.2, 0.25) is 0 Å². The van der Waals surface area contributed by atoms with Gasteiger partial charge in [0.05, 0.1) is 0 Å². The van der Waals surface area contributed by atoms with Crippen molar-refractivity contribution < 1.29 is 0 Å². The Morgan fingerprint density at radius 3 is 1.30 bits per heavy atom. The lowest BCUT2D eigenvalue weighted by Crippen LogP contribution is -2.43. The van der Waals surface area contributed by atoms with Crippen molar-refractivity contribution in [2.75, 3.05) is 0 Å². The molecule has 0 saturated heterocycles. The monoisotopic (exact) mass is 318 g/mol. The van der Waals surface area contributed by atoms with E-state index in [1.54, 1.807) is 0 Å². The molecule has 3 saturated carbocycles. The van der Waals surface area contributed by atoms with Crippen LogP contribution < -0.4 is 0 Å². The van der Waals surface area contributed by atoms with Crippen LogP contribution in [0, 0.1) is 76.4 Å². The summed E-state index contributed by atoms with van der Waals surface area (Å²) in [6, 6.07) is 0. The summed E-state index contributed by atoms with van der Waals surface area (Å²) < 4.78 is 0. The van der Waals surface area contributed by atoms with Crippen LogP contribution in [0.25, 0.3) is 0 Å². The van der Waals surface area contributed by atoms with Crippen LogP contribution in [-0.2, 0) is 0 Å². The number of hydrogen-bond acceptors (Lipinski definition) is 0. The SMILES string of the molecule is CC1C(C)C(C)C(C2(C)C(C)C(C)C3C(C)C(C)C(C)C32)C1C. The normalized spacial score (nSPS) is 66.0. The summed E-state index contributed by atoms with van der Waals surface area (Å²) in [7, 11) is 0. The van der Waals surface area contributed by atoms with E-state index in [4.69, 9.17) is 0 Å². The van der Waals surface area contributed by atoms with E-state index in [2.05, 4.69) is 69.2 Å². The zero-order valence-electron chi connectivity index (χ0n) is 17.4. The van der Waals surface area contributed by atoms with Crippen LogP contribution in [0.15, 0.2) is 0 Å². The maximum Gasteiger partial charge on any atom is -0.0230 e. The zero-order chi connectivity index (χ0) is 17.4. The van der Waals surface area contributed by atoms with Gasteiger partial charge in [-0.2, -0.15) is 0 Å². The average Bonchev–Trinajstić information content (AvgIpc) is 2.94. The third kappa shape index (κ3) is 2.02. The molecule has 0 heteroatoms. The molecule has 0 bridgehead atoms. The van der Waals surface area contributed by atoms with E-state index >= 15 is 0 Å². The average molecular weight is 319 g/mol. The van der Waals surface area contributed by atoms with E-state index in [1.165, 1.54) is 0 Å². The first-order valence-corrected chi connectivity index (χ1v) is 10.6. The van der Waals surface area contributed by atoms with Gasteiger partial charge in [-0.15, -0.1) is 0 Å². The van der Waals surface area contributed by atoms with Crippen molar-refractivity contribution in [2.24, 2.45) is 76.4 Å². The molecule has 0 aromatic rings. The maximum atomic E-state index is 2.72. The summed E-state index contributed by atoms with van der Waals surface area (Å²) in [5, 5.41) is 0. The second kappa shape index (κ2) is 5.50. The van der Waals surface area contributed by atoms with Crippen LogP contribution in [-0.4, -0.2) is 0 Å². The predicted molar refractivity (Wildman–Crippen MR) is 101 cm³/mol. The number of rotatable bonds is 1. The highest BCUT2D eigenvalue weighted by Crippen LogP contribution is 2.71. The van der Waals surface area contributed by atoms with Crippen LogP contribution in [0.3, 0.4) is 0 Å². The van der Waals surface area contributed by atoms with Gasteiger partial charge in [-0.05, 0) is 76.4 Å². The number of hydrogen-bond donors (Lipinski definition) is 0. The lowest BCUT2D eigenvalue weighted by Gasteiger charge is -2.48. The van der Waals surface area contributed by atoms with E-state index < -0.39 is 0 Å². The maximum absolute atomic E-state index is 2.72. The minimum atomic E-state index is 0.542. The summed E-state index contributed by atoms with van der Waals surface area (Å²) in [4.78, 5) is 0. The molecule has 0 heterocycles. The predicted octanol–water partition coefficient (Wildman–Crippen LogP) is 6.61. The van der Waals surface area contributed by atoms with E-state index in [0.717, 1.165) is 71.0 Å². The summed E-state index contributed by atoms with van der Waals surface area (Å²) in [6.07, 6.45) is 0. The molecule has 23 heavy (non-hydrogen) atoms. The Morgan fingerprint density at radius 1 is 0.435 bits per heavy atom. The minimum absolute atomic E-state index is 0.542. The van der Waals surface area contributed by atoms with Gasteiger partial charge >= 0.3 is 0 Å². The molecule has 0 radical (unpaired) electrons. The molecule has 3 aliphatic carbocycles. The summed E-state index contributed by atoms with van der Waals surface area (Å²) >= 11 is 0. The molecule has 0 spiro atoms. The largest absolute Gasteiger partial charge is 0.0620 e. The molecule has 3 fully saturated rings. The highest BCUT2D eigenvalue weighted by Gasteiger charge is 2.66. The molecule has 3 rings (SSSR count). The van der Waals surface area contributed by atoms with Crippen LogP contribution in [0.5, 0.6) is 0 Å². The van der Waals surface area contributed by atoms with Crippen molar-refractivity contribution in [2.45, 2.75) is 69.2 Å². The zero-order valence-corrected chi connectivity index (χ0v) is 17.4. The molecule has 0 nitrogen and oxygen atoms in total. The standard InChI is InChI=1S/C23H42/c1-11-12(2)16(6)21(15(11)5)23(10)19(9)18(8)20-14(4)13(3)17(7)22(20)23/h11-22H,1-10H3. The second-order valence-corrected chi connectivity index (χ2v) is 10.7. The Morgan fingerprint density at radius 2 is 0.826 bits per heavy atom. The highest BCUT2D eigenvalue weighted by molar-refractivity contribution is 5.14. The van der Waals surface area contributed by atoms with Gasteiger partial charge in [0.1, 0.15) is 0 Å². The molecule has 0 N–H and O–H groups in total. The van der Waals surface area contributed by atoms with Gasteiger partial charge in [-0.25, -0.2) is 0 Å². The quantitative estimate of drug-likeness (QED) is 0.510. The van der Waals surface area contributed by atoms with Crippen molar-refractivity contribution in [3.8, 4) is 0 Å². The smallest absolute Gasteiger partial charge is 0.0230 e. The van der Waals surface area contributed by atoms with Gasteiger partial charge in [0.2, 0.25) is 0 Å². The lowest BCUT2D eigenvalue weighted by molar-refractivity contribution is -0.00352. The summed E-state index contributed by atoms with van der Waals surface area (Å²) in [5.74, 6) is 10.9. The molecule has 0 aromatic carbocycles. The van der Waals surface area contributed by atoms with Gasteiger partial charge < -0.3 is 0 Å². The Hall–Kier alpha value is 0. The third-order valence-corrected chi connectivity index (χ3v) is 10.7. The fourth-order valence-corrected chi connectivity index (χ4v) is 8.57. The van der Waals surface area contributed by atoms with Gasteiger partial charge in [-0.1, -0.05) is 69.2 Å². The highest BCUT2D eigenvalue weighted by atomic mass is 14.7. The fraction of sp³-hybridized carbons (Fsp3) is 1.00. The molecule has 0 amide bonds. The topological polar surface area (TPSA) is 0 Å². The first-order valence-electron chi connectivity index (χ1n) is 10.6. The van der Waals surface area contributed by atoms with E-state index in [1.807, 2.05) is 0 Å². The fourth-order valence-electron chi connectivity index (χ4n) is 8.57. The van der Waals surface area contributed by atoms with Crippen LogP contribution in [0.4, 0.5) is 0 Å². The Bertz CT molecular complexity index is 429. The Balaban J connectivity index is 2.06. The Kier molecular flexibility index (Phi) is 4.26. The van der Waals surface area contributed by atoms with Crippen molar-refractivity contribution in [3.05, 3.63) is 0 Å². The molecule has 0 aliphatic heterocycles. The minimum Gasteiger partial charge on any atom is -0.0620 e. The van der Waals surface area contributed by atoms with Gasteiger partial charge in [-0.3, -0.25) is 0 Å². The third-order valence-electron chi connectivity index (χ3n) is 10.7. The van der Waals surface area contributed by atoms with Gasteiger partial charge in [0.15, 0.2) is 0 Å². The second-order valence-electron chi connectivity index (χ2n) is 10.7. The molecule has 12 atom stereocenters. The lowest BCUT2D eigenvalue weighted by atomic mass is 9.57. The first kappa shape index (κ1) is 17.8. The Labute approximate surface area is 146 Å². The molecular formula is C23H42. The molecule has 3 aliphatic rings. The molecule has 134 valence electrons. The van der Waals surface area contributed by atoms with E-state index in [9.17, 15) is 0 Å². The van der Waals surface area contributed by atoms with Crippen LogP contribution >= 0.6 is 0 Å². The van der Waals surface area contributed by atoms with Gasteiger partial charge in [0, 0.05) is 0 Å². The summed E-state index contributed by atoms with van der Waals surface area (Å²) in [6.45, 7) is 25.8. The van der Waals surface area contributed by atoms with E-state index in [0.29, 0.717) is 5.41 Å². The number of fused-ring (bicyclic) bond motifs is 1. The van der Waals surface area contributed by atoms with Crippen molar-refractivity contribution in [3.63, 3.8) is 0 Å². The molecule has 12 unspecified atom stereocenters. The van der Waals surface area contributed by atoms with Crippen molar-refractivity contribution in [1.82, 2.24) is 0 Å². The van der Waals surface area contributed by atoms with Crippen molar-refractivity contribution >= 4 is 0 Å². The van der Waals surface area contributed by atoms with E-state index in [-0.39, 0.29) is 0 Å².